The molecule has 5 heteroatoms. The van der Waals surface area contributed by atoms with Crippen LogP contribution in [0.5, 0.6) is 0 Å². The average molecular weight is 278 g/mol. The fraction of sp³-hybridized carbons (Fsp3) is 0.286. The maximum atomic E-state index is 11.5. The van der Waals surface area contributed by atoms with Crippen LogP contribution >= 0.6 is 11.6 Å². The lowest BCUT2D eigenvalue weighted by Gasteiger charge is -1.98. The molecule has 0 amide bonds. The van der Waals surface area contributed by atoms with Gasteiger partial charge in [0, 0.05) is 11.6 Å². The molecule has 1 aromatic carbocycles. The van der Waals surface area contributed by atoms with Crippen LogP contribution in [-0.4, -0.2) is 23.3 Å². The Labute approximate surface area is 116 Å². The topological polar surface area (TPSA) is 57.8 Å². The monoisotopic (exact) mass is 277 g/mol. The van der Waals surface area contributed by atoms with E-state index in [0.29, 0.717) is 5.69 Å². The molecule has 3 rings (SSSR count). The first kappa shape index (κ1) is 13.8. The lowest BCUT2D eigenvalue weighted by atomic mass is 10.1. The fourth-order valence-corrected chi connectivity index (χ4v) is 1.95. The van der Waals surface area contributed by atoms with Crippen LogP contribution in [0.15, 0.2) is 41.2 Å². The predicted molar refractivity (Wildman–Crippen MR) is 77.4 cm³/mol. The summed E-state index contributed by atoms with van der Waals surface area (Å²) in [6, 6.07) is 10.6. The lowest BCUT2D eigenvalue weighted by Crippen LogP contribution is -2.07. The van der Waals surface area contributed by atoms with Gasteiger partial charge in [0.25, 0.3) is 0 Å². The molecule has 0 spiro atoms. The van der Waals surface area contributed by atoms with E-state index in [1.54, 1.807) is 0 Å². The van der Waals surface area contributed by atoms with Gasteiger partial charge >= 0.3 is 0 Å². The fourth-order valence-electron chi connectivity index (χ4n) is 1.81. The van der Waals surface area contributed by atoms with Gasteiger partial charge in [0.15, 0.2) is 0 Å². The molecule has 1 aliphatic heterocycles. The van der Waals surface area contributed by atoms with E-state index in [-0.39, 0.29) is 10.6 Å². The third kappa shape index (κ3) is 4.19. The number of hydrogen-bond acceptors (Lipinski definition) is 3. The number of aromatic nitrogens is 2. The SMILES string of the molecule is C1CCNC1.O=c1cc(Cl)[nH]nc1-c1ccccc1. The molecular weight excluding hydrogens is 262 g/mol. The molecule has 0 saturated carbocycles. The van der Waals surface area contributed by atoms with Gasteiger partial charge in [-0.1, -0.05) is 41.9 Å². The first-order chi connectivity index (χ1) is 9.27. The van der Waals surface area contributed by atoms with Crippen molar-refractivity contribution in [1.29, 1.82) is 0 Å². The van der Waals surface area contributed by atoms with Crippen LogP contribution in [0.3, 0.4) is 0 Å². The molecule has 1 aromatic heterocycles. The molecule has 0 atom stereocenters. The van der Waals surface area contributed by atoms with E-state index in [2.05, 4.69) is 15.5 Å². The van der Waals surface area contributed by atoms with Crippen molar-refractivity contribution in [2.45, 2.75) is 12.8 Å². The Bertz CT molecular complexity index is 557. The minimum absolute atomic E-state index is 0.181. The van der Waals surface area contributed by atoms with Gasteiger partial charge in [-0.3, -0.25) is 9.89 Å². The number of aromatic amines is 1. The van der Waals surface area contributed by atoms with Crippen molar-refractivity contribution in [3.8, 4) is 11.3 Å². The molecule has 0 radical (unpaired) electrons. The van der Waals surface area contributed by atoms with Crippen molar-refractivity contribution >= 4 is 11.6 Å². The number of H-pyrrole nitrogens is 1. The first-order valence-corrected chi connectivity index (χ1v) is 6.66. The molecule has 19 heavy (non-hydrogen) atoms. The molecule has 0 unspecified atom stereocenters. The van der Waals surface area contributed by atoms with Crippen LogP contribution in [0.4, 0.5) is 0 Å². The van der Waals surface area contributed by atoms with Crippen LogP contribution in [0.25, 0.3) is 11.3 Å². The predicted octanol–water partition coefficient (Wildman–Crippen LogP) is 2.46. The highest BCUT2D eigenvalue weighted by Crippen LogP contribution is 2.11. The number of rotatable bonds is 1. The van der Waals surface area contributed by atoms with Gasteiger partial charge in [-0.05, 0) is 25.9 Å². The highest BCUT2D eigenvalue weighted by atomic mass is 35.5. The lowest BCUT2D eigenvalue weighted by molar-refractivity contribution is 0.857. The van der Waals surface area contributed by atoms with Crippen molar-refractivity contribution in [1.82, 2.24) is 15.5 Å². The minimum atomic E-state index is -0.181. The van der Waals surface area contributed by atoms with Gasteiger partial charge < -0.3 is 5.32 Å². The van der Waals surface area contributed by atoms with Crippen molar-refractivity contribution in [3.63, 3.8) is 0 Å². The van der Waals surface area contributed by atoms with Gasteiger partial charge in [0.2, 0.25) is 5.43 Å². The summed E-state index contributed by atoms with van der Waals surface area (Å²) in [6.45, 7) is 2.50. The van der Waals surface area contributed by atoms with Crippen molar-refractivity contribution in [2.24, 2.45) is 0 Å². The van der Waals surface area contributed by atoms with Crippen molar-refractivity contribution in [3.05, 3.63) is 51.8 Å². The third-order valence-corrected chi connectivity index (χ3v) is 2.96. The molecule has 0 aliphatic carbocycles. The Kier molecular flexibility index (Phi) is 5.12. The summed E-state index contributed by atoms with van der Waals surface area (Å²) in [5, 5.41) is 9.90. The molecule has 0 bridgehead atoms. The molecule has 100 valence electrons. The molecular formula is C14H16ClN3O. The molecule has 2 aromatic rings. The molecule has 2 heterocycles. The maximum Gasteiger partial charge on any atom is 0.209 e. The Morgan fingerprint density at radius 3 is 2.32 bits per heavy atom. The van der Waals surface area contributed by atoms with Crippen LogP contribution in [-0.2, 0) is 0 Å². The van der Waals surface area contributed by atoms with E-state index in [1.165, 1.54) is 32.0 Å². The van der Waals surface area contributed by atoms with Crippen LogP contribution in [0, 0.1) is 0 Å². The quantitative estimate of drug-likeness (QED) is 0.842. The van der Waals surface area contributed by atoms with Crippen molar-refractivity contribution in [2.75, 3.05) is 13.1 Å². The molecule has 1 saturated heterocycles. The number of benzene rings is 1. The van der Waals surface area contributed by atoms with E-state index in [0.717, 1.165) is 5.56 Å². The zero-order chi connectivity index (χ0) is 13.5. The second kappa shape index (κ2) is 7.07. The average Bonchev–Trinajstić information content (AvgIpc) is 2.99. The summed E-state index contributed by atoms with van der Waals surface area (Å²) in [6.07, 6.45) is 2.78. The second-order valence-electron chi connectivity index (χ2n) is 4.25. The summed E-state index contributed by atoms with van der Waals surface area (Å²) < 4.78 is 0. The summed E-state index contributed by atoms with van der Waals surface area (Å²) in [5.41, 5.74) is 0.986. The summed E-state index contributed by atoms with van der Waals surface area (Å²) >= 11 is 5.59. The third-order valence-electron chi connectivity index (χ3n) is 2.77. The minimum Gasteiger partial charge on any atom is -0.317 e. The van der Waals surface area contributed by atoms with E-state index in [9.17, 15) is 4.79 Å². The van der Waals surface area contributed by atoms with E-state index < -0.39 is 0 Å². The summed E-state index contributed by atoms with van der Waals surface area (Å²) in [5.74, 6) is 0. The van der Waals surface area contributed by atoms with Gasteiger partial charge in [-0.25, -0.2) is 0 Å². The number of halogens is 1. The summed E-state index contributed by atoms with van der Waals surface area (Å²) in [4.78, 5) is 11.5. The highest BCUT2D eigenvalue weighted by molar-refractivity contribution is 6.29. The Morgan fingerprint density at radius 1 is 1.11 bits per heavy atom. The molecule has 4 nitrogen and oxygen atoms in total. The zero-order valence-corrected chi connectivity index (χ0v) is 11.3. The van der Waals surface area contributed by atoms with Gasteiger partial charge in [0.1, 0.15) is 10.8 Å². The number of nitrogens with one attached hydrogen (secondary N) is 2. The Morgan fingerprint density at radius 2 is 1.79 bits per heavy atom. The maximum absolute atomic E-state index is 11.5. The largest absolute Gasteiger partial charge is 0.317 e. The summed E-state index contributed by atoms with van der Waals surface area (Å²) in [7, 11) is 0. The van der Waals surface area contributed by atoms with Gasteiger partial charge in [-0.15, -0.1) is 0 Å². The standard InChI is InChI=1S/C10H7ClN2O.C4H9N/c11-9-6-8(14)10(13-12-9)7-4-2-1-3-5-7;1-2-4-5-3-1/h1-6H,(H,12,14);5H,1-4H2. The Hall–Kier alpha value is -1.65. The second-order valence-corrected chi connectivity index (χ2v) is 4.66. The van der Waals surface area contributed by atoms with E-state index in [1.807, 2.05) is 30.3 Å². The van der Waals surface area contributed by atoms with E-state index >= 15 is 0 Å². The van der Waals surface area contributed by atoms with Crippen LogP contribution in [0.1, 0.15) is 12.8 Å². The Balaban J connectivity index is 0.000000224. The first-order valence-electron chi connectivity index (χ1n) is 6.29. The number of nitrogens with zero attached hydrogens (tertiary/aromatic N) is 1. The van der Waals surface area contributed by atoms with Crippen LogP contribution < -0.4 is 10.7 Å². The molecule has 1 aliphatic rings. The molecule has 1 fully saturated rings. The smallest absolute Gasteiger partial charge is 0.209 e. The van der Waals surface area contributed by atoms with Crippen molar-refractivity contribution < 1.29 is 0 Å². The van der Waals surface area contributed by atoms with Gasteiger partial charge in [-0.2, -0.15) is 5.10 Å². The van der Waals surface area contributed by atoms with Crippen LogP contribution in [0.2, 0.25) is 5.15 Å². The molecule has 2 N–H and O–H groups in total. The van der Waals surface area contributed by atoms with Gasteiger partial charge in [0.05, 0.1) is 0 Å². The van der Waals surface area contributed by atoms with E-state index in [4.69, 9.17) is 11.6 Å². The zero-order valence-electron chi connectivity index (χ0n) is 10.5. The highest BCUT2D eigenvalue weighted by Gasteiger charge is 2.03. The normalized spacial score (nSPS) is 13.7. The number of hydrogen-bond donors (Lipinski definition) is 2.